The van der Waals surface area contributed by atoms with Crippen molar-refractivity contribution in [1.29, 1.82) is 0 Å². The lowest BCUT2D eigenvalue weighted by Crippen LogP contribution is -2.43. The largest absolute Gasteiger partial charge is 0.369 e. The lowest BCUT2D eigenvalue weighted by Gasteiger charge is -2.31. The van der Waals surface area contributed by atoms with Gasteiger partial charge in [-0.1, -0.05) is 6.42 Å². The van der Waals surface area contributed by atoms with E-state index >= 15 is 0 Å². The number of halogens is 1. The van der Waals surface area contributed by atoms with Gasteiger partial charge in [0.2, 0.25) is 0 Å². The number of non-ortho nitro benzene ring substituents is 1. The average Bonchev–Trinajstić information content (AvgIpc) is 2.46. The van der Waals surface area contributed by atoms with Crippen LogP contribution in [0.3, 0.4) is 0 Å². The standard InChI is InChI=1S/C14H20BrN3O2/c1-2-17(10-11-5-3-4-8-16-11)14-7-6-12(18(19)20)9-13(14)15/h6-7,9,11,16H,2-5,8,10H2,1H3. The Bertz CT molecular complexity index is 475. The molecule has 0 spiro atoms. The summed E-state index contributed by atoms with van der Waals surface area (Å²) in [6, 6.07) is 5.48. The maximum atomic E-state index is 10.8. The van der Waals surface area contributed by atoms with Gasteiger partial charge >= 0.3 is 0 Å². The highest BCUT2D eigenvalue weighted by molar-refractivity contribution is 9.10. The molecule has 0 aromatic heterocycles. The van der Waals surface area contributed by atoms with Gasteiger partial charge in [0, 0.05) is 35.7 Å². The van der Waals surface area contributed by atoms with Gasteiger partial charge in [0.05, 0.1) is 10.6 Å². The van der Waals surface area contributed by atoms with Crippen molar-refractivity contribution in [3.8, 4) is 0 Å². The van der Waals surface area contributed by atoms with Crippen molar-refractivity contribution in [2.75, 3.05) is 24.5 Å². The van der Waals surface area contributed by atoms with E-state index in [-0.39, 0.29) is 10.6 Å². The zero-order valence-electron chi connectivity index (χ0n) is 11.6. The van der Waals surface area contributed by atoms with E-state index in [1.165, 1.54) is 19.3 Å². The number of hydrogen-bond donors (Lipinski definition) is 1. The van der Waals surface area contributed by atoms with E-state index < -0.39 is 0 Å². The molecule has 1 N–H and O–H groups in total. The molecule has 1 atom stereocenters. The van der Waals surface area contributed by atoms with Gasteiger partial charge in [-0.05, 0) is 48.3 Å². The first kappa shape index (κ1) is 15.3. The number of nitrogens with zero attached hydrogens (tertiary/aromatic N) is 2. The highest BCUT2D eigenvalue weighted by atomic mass is 79.9. The van der Waals surface area contributed by atoms with Crippen LogP contribution in [0.5, 0.6) is 0 Å². The summed E-state index contributed by atoms with van der Waals surface area (Å²) in [4.78, 5) is 12.7. The number of piperidine rings is 1. The lowest BCUT2D eigenvalue weighted by molar-refractivity contribution is -0.384. The maximum Gasteiger partial charge on any atom is 0.270 e. The molecule has 1 aliphatic heterocycles. The molecule has 0 radical (unpaired) electrons. The molecule has 20 heavy (non-hydrogen) atoms. The third-order valence-electron chi connectivity index (χ3n) is 3.72. The molecule has 0 saturated carbocycles. The van der Waals surface area contributed by atoms with Gasteiger partial charge in [0.25, 0.3) is 5.69 Å². The predicted molar refractivity (Wildman–Crippen MR) is 84.3 cm³/mol. The number of rotatable bonds is 5. The number of nitro groups is 1. The Morgan fingerprint density at radius 1 is 1.50 bits per heavy atom. The Hall–Kier alpha value is -1.14. The third kappa shape index (κ3) is 3.70. The molecule has 1 aromatic rings. The minimum atomic E-state index is -0.368. The molecule has 2 rings (SSSR count). The number of benzene rings is 1. The van der Waals surface area contributed by atoms with Crippen LogP contribution in [0.15, 0.2) is 22.7 Å². The highest BCUT2D eigenvalue weighted by Gasteiger charge is 2.18. The van der Waals surface area contributed by atoms with E-state index in [4.69, 9.17) is 0 Å². The molecule has 110 valence electrons. The first-order chi connectivity index (χ1) is 9.61. The van der Waals surface area contributed by atoms with Gasteiger partial charge in [-0.3, -0.25) is 10.1 Å². The van der Waals surface area contributed by atoms with E-state index in [0.717, 1.165) is 29.8 Å². The van der Waals surface area contributed by atoms with E-state index in [0.29, 0.717) is 6.04 Å². The molecule has 1 unspecified atom stereocenters. The molecule has 0 amide bonds. The molecule has 5 nitrogen and oxygen atoms in total. The number of hydrogen-bond acceptors (Lipinski definition) is 4. The fourth-order valence-corrected chi connectivity index (χ4v) is 3.23. The zero-order valence-corrected chi connectivity index (χ0v) is 13.2. The molecule has 1 fully saturated rings. The lowest BCUT2D eigenvalue weighted by atomic mass is 10.0. The molecule has 1 heterocycles. The van der Waals surface area contributed by atoms with Crippen molar-refractivity contribution in [2.45, 2.75) is 32.2 Å². The molecule has 1 aliphatic rings. The minimum Gasteiger partial charge on any atom is -0.369 e. The fraction of sp³-hybridized carbons (Fsp3) is 0.571. The smallest absolute Gasteiger partial charge is 0.270 e. The zero-order chi connectivity index (χ0) is 14.5. The molecule has 0 bridgehead atoms. The Morgan fingerprint density at radius 3 is 2.85 bits per heavy atom. The Morgan fingerprint density at radius 2 is 2.30 bits per heavy atom. The average molecular weight is 342 g/mol. The maximum absolute atomic E-state index is 10.8. The molecule has 1 aromatic carbocycles. The summed E-state index contributed by atoms with van der Waals surface area (Å²) < 4.78 is 0.782. The summed E-state index contributed by atoms with van der Waals surface area (Å²) in [5, 5.41) is 14.3. The first-order valence-corrected chi connectivity index (χ1v) is 7.83. The van der Waals surface area contributed by atoms with Crippen LogP contribution in [0.1, 0.15) is 26.2 Å². The number of likely N-dealkylation sites (N-methyl/N-ethyl adjacent to an activating group) is 1. The van der Waals surface area contributed by atoms with Crippen LogP contribution in [0.4, 0.5) is 11.4 Å². The van der Waals surface area contributed by atoms with Crippen LogP contribution in [0, 0.1) is 10.1 Å². The van der Waals surface area contributed by atoms with Crippen LogP contribution in [0.2, 0.25) is 0 Å². The SMILES string of the molecule is CCN(CC1CCCCN1)c1ccc([N+](=O)[O-])cc1Br. The molecule has 6 heteroatoms. The Balaban J connectivity index is 2.12. The quantitative estimate of drug-likeness (QED) is 0.659. The summed E-state index contributed by atoms with van der Waals surface area (Å²) in [7, 11) is 0. The van der Waals surface area contributed by atoms with Crippen molar-refractivity contribution in [2.24, 2.45) is 0 Å². The normalized spacial score (nSPS) is 18.8. The van der Waals surface area contributed by atoms with Crippen LogP contribution in [-0.2, 0) is 0 Å². The van der Waals surface area contributed by atoms with Crippen LogP contribution >= 0.6 is 15.9 Å². The van der Waals surface area contributed by atoms with Crippen molar-refractivity contribution in [3.05, 3.63) is 32.8 Å². The van der Waals surface area contributed by atoms with Gasteiger partial charge in [0.15, 0.2) is 0 Å². The van der Waals surface area contributed by atoms with E-state index in [1.807, 2.05) is 6.07 Å². The van der Waals surface area contributed by atoms with Gasteiger partial charge in [-0.25, -0.2) is 0 Å². The van der Waals surface area contributed by atoms with Crippen LogP contribution < -0.4 is 10.2 Å². The summed E-state index contributed by atoms with van der Waals surface area (Å²) in [5.41, 5.74) is 1.14. The monoisotopic (exact) mass is 341 g/mol. The van der Waals surface area contributed by atoms with Crippen molar-refractivity contribution >= 4 is 27.3 Å². The Labute approximate surface area is 127 Å². The van der Waals surface area contributed by atoms with Crippen molar-refractivity contribution in [1.82, 2.24) is 5.32 Å². The molecular formula is C14H20BrN3O2. The van der Waals surface area contributed by atoms with Crippen molar-refractivity contribution < 1.29 is 4.92 Å². The van der Waals surface area contributed by atoms with Gasteiger partial charge in [-0.2, -0.15) is 0 Å². The van der Waals surface area contributed by atoms with E-state index in [2.05, 4.69) is 33.1 Å². The second-order valence-electron chi connectivity index (χ2n) is 5.08. The summed E-state index contributed by atoms with van der Waals surface area (Å²) in [5.74, 6) is 0. The summed E-state index contributed by atoms with van der Waals surface area (Å²) >= 11 is 3.46. The second kappa shape index (κ2) is 7.04. The van der Waals surface area contributed by atoms with Gasteiger partial charge < -0.3 is 10.2 Å². The molecular weight excluding hydrogens is 322 g/mol. The summed E-state index contributed by atoms with van der Waals surface area (Å²) in [6.07, 6.45) is 3.72. The van der Waals surface area contributed by atoms with Crippen LogP contribution in [0.25, 0.3) is 0 Å². The fourth-order valence-electron chi connectivity index (χ4n) is 2.61. The third-order valence-corrected chi connectivity index (χ3v) is 4.35. The minimum absolute atomic E-state index is 0.118. The number of anilines is 1. The van der Waals surface area contributed by atoms with Gasteiger partial charge in [-0.15, -0.1) is 0 Å². The highest BCUT2D eigenvalue weighted by Crippen LogP contribution is 2.30. The van der Waals surface area contributed by atoms with Crippen LogP contribution in [-0.4, -0.2) is 30.6 Å². The topological polar surface area (TPSA) is 58.4 Å². The molecule has 0 aliphatic carbocycles. The first-order valence-electron chi connectivity index (χ1n) is 7.04. The predicted octanol–water partition coefficient (Wildman–Crippen LogP) is 3.33. The molecule has 1 saturated heterocycles. The van der Waals surface area contributed by atoms with Gasteiger partial charge in [0.1, 0.15) is 0 Å². The number of nitrogens with one attached hydrogen (secondary N) is 1. The second-order valence-corrected chi connectivity index (χ2v) is 5.93. The number of nitro benzene ring substituents is 1. The van der Waals surface area contributed by atoms with Crippen molar-refractivity contribution in [3.63, 3.8) is 0 Å². The van der Waals surface area contributed by atoms with E-state index in [1.54, 1.807) is 12.1 Å². The summed E-state index contributed by atoms with van der Waals surface area (Å²) in [6.45, 7) is 5.02. The van der Waals surface area contributed by atoms with E-state index in [9.17, 15) is 10.1 Å². The Kier molecular flexibility index (Phi) is 5.37.